The van der Waals surface area contributed by atoms with E-state index in [1.165, 1.54) is 12.1 Å². The minimum Gasteiger partial charge on any atom is -0.381 e. The minimum absolute atomic E-state index is 0.0225. The Kier molecular flexibility index (Phi) is 3.95. The molecule has 6 nitrogen and oxygen atoms in total. The van der Waals surface area contributed by atoms with E-state index in [0.717, 1.165) is 5.56 Å². The monoisotopic (exact) mass is 310 g/mol. The lowest BCUT2D eigenvalue weighted by atomic mass is 10.0. The van der Waals surface area contributed by atoms with Crippen LogP contribution in [0.3, 0.4) is 0 Å². The lowest BCUT2D eigenvalue weighted by molar-refractivity contribution is 0.344. The maximum Gasteiger partial charge on any atom is 0.364 e. The number of hydrogen-bond acceptors (Lipinski definition) is 5. The fraction of sp³-hybridized carbons (Fsp3) is 0.357. The molecule has 0 bridgehead atoms. The van der Waals surface area contributed by atoms with Crippen molar-refractivity contribution in [2.24, 2.45) is 0 Å². The highest BCUT2D eigenvalue weighted by Gasteiger charge is 2.27. The van der Waals surface area contributed by atoms with Gasteiger partial charge in [-0.3, -0.25) is 0 Å². The highest BCUT2D eigenvalue weighted by molar-refractivity contribution is 7.89. The second-order valence-electron chi connectivity index (χ2n) is 5.03. The van der Waals surface area contributed by atoms with E-state index in [9.17, 15) is 13.2 Å². The summed E-state index contributed by atoms with van der Waals surface area (Å²) in [6.07, 6.45) is 0.656. The number of nitrogens with zero attached hydrogens (tertiary/aromatic N) is 1. The molecule has 0 saturated heterocycles. The molecular weight excluding hydrogens is 292 g/mol. The van der Waals surface area contributed by atoms with Crippen LogP contribution in [0, 0.1) is 6.92 Å². The molecule has 0 unspecified atom stereocenters. The Bertz CT molecular complexity index is 800. The topological polar surface area (TPSA) is 95.3 Å². The Balaban J connectivity index is 2.61. The van der Waals surface area contributed by atoms with Crippen molar-refractivity contribution in [3.05, 3.63) is 45.8 Å². The van der Waals surface area contributed by atoms with Crippen molar-refractivity contribution in [3.63, 3.8) is 0 Å². The molecule has 1 heterocycles. The Morgan fingerprint density at radius 3 is 2.38 bits per heavy atom. The van der Waals surface area contributed by atoms with Crippen molar-refractivity contribution in [1.29, 1.82) is 0 Å². The molecule has 0 aliphatic rings. The van der Waals surface area contributed by atoms with Gasteiger partial charge in [0.25, 0.3) is 10.0 Å². The third-order valence-corrected chi connectivity index (χ3v) is 5.08. The smallest absolute Gasteiger partial charge is 0.364 e. The first-order chi connectivity index (χ1) is 9.78. The van der Waals surface area contributed by atoms with Crippen molar-refractivity contribution < 1.29 is 12.9 Å². The SMILES string of the molecule is CC[C@H](C)c1c(N)n(S(=O)(=O)c2ccc(C)cc2)oc1=O. The number of nitrogens with two attached hydrogens (primary N) is 1. The average molecular weight is 310 g/mol. The van der Waals surface area contributed by atoms with Crippen molar-refractivity contribution in [1.82, 2.24) is 4.15 Å². The van der Waals surface area contributed by atoms with Gasteiger partial charge in [0.05, 0.1) is 10.5 Å². The molecule has 0 fully saturated rings. The Morgan fingerprint density at radius 1 is 1.29 bits per heavy atom. The molecule has 0 saturated carbocycles. The summed E-state index contributed by atoms with van der Waals surface area (Å²) in [5.41, 5.74) is 6.24. The summed E-state index contributed by atoms with van der Waals surface area (Å²) in [5.74, 6) is -0.328. The second kappa shape index (κ2) is 5.40. The predicted molar refractivity (Wildman–Crippen MR) is 79.8 cm³/mol. The summed E-state index contributed by atoms with van der Waals surface area (Å²) in [4.78, 5) is 11.9. The minimum atomic E-state index is -4.00. The van der Waals surface area contributed by atoms with Crippen molar-refractivity contribution >= 4 is 15.8 Å². The lowest BCUT2D eigenvalue weighted by Gasteiger charge is -2.08. The van der Waals surface area contributed by atoms with Gasteiger partial charge < -0.3 is 10.3 Å². The molecule has 21 heavy (non-hydrogen) atoms. The fourth-order valence-corrected chi connectivity index (χ4v) is 3.21. The molecule has 2 aromatic rings. The van der Waals surface area contributed by atoms with Gasteiger partial charge in [-0.1, -0.05) is 35.7 Å². The Labute approximate surface area is 123 Å². The van der Waals surface area contributed by atoms with Crippen LogP contribution in [0.1, 0.15) is 37.3 Å². The van der Waals surface area contributed by atoms with Gasteiger partial charge in [0.2, 0.25) is 0 Å². The Morgan fingerprint density at radius 2 is 1.86 bits per heavy atom. The zero-order valence-electron chi connectivity index (χ0n) is 12.2. The number of aryl methyl sites for hydroxylation is 1. The third kappa shape index (κ3) is 2.61. The molecule has 0 radical (unpaired) electrons. The van der Waals surface area contributed by atoms with Gasteiger partial charge in [0.15, 0.2) is 5.82 Å². The first-order valence-electron chi connectivity index (χ1n) is 6.63. The summed E-state index contributed by atoms with van der Waals surface area (Å²) in [5, 5.41) is 0. The maximum atomic E-state index is 12.5. The molecule has 114 valence electrons. The molecule has 2 rings (SSSR count). The van der Waals surface area contributed by atoms with Crippen LogP contribution in [0.5, 0.6) is 0 Å². The zero-order chi connectivity index (χ0) is 15.8. The van der Waals surface area contributed by atoms with E-state index < -0.39 is 15.6 Å². The zero-order valence-corrected chi connectivity index (χ0v) is 13.0. The molecule has 0 spiro atoms. The van der Waals surface area contributed by atoms with Gasteiger partial charge in [0, 0.05) is 0 Å². The largest absolute Gasteiger partial charge is 0.381 e. The molecule has 2 N–H and O–H groups in total. The van der Waals surface area contributed by atoms with E-state index in [2.05, 4.69) is 0 Å². The molecule has 1 atom stereocenters. The van der Waals surface area contributed by atoms with Crippen molar-refractivity contribution in [3.8, 4) is 0 Å². The second-order valence-corrected chi connectivity index (χ2v) is 6.79. The molecular formula is C14H18N2O4S. The van der Waals surface area contributed by atoms with Crippen LogP contribution in [0.25, 0.3) is 0 Å². The van der Waals surface area contributed by atoms with Crippen LogP contribution in [0.4, 0.5) is 5.82 Å². The van der Waals surface area contributed by atoms with E-state index in [1.807, 2.05) is 13.8 Å². The van der Waals surface area contributed by atoms with Crippen LogP contribution >= 0.6 is 0 Å². The van der Waals surface area contributed by atoms with E-state index >= 15 is 0 Å². The van der Waals surface area contributed by atoms with Gasteiger partial charge in [0.1, 0.15) is 0 Å². The molecule has 1 aromatic heterocycles. The van der Waals surface area contributed by atoms with Crippen LogP contribution in [-0.2, 0) is 10.0 Å². The van der Waals surface area contributed by atoms with Crippen LogP contribution in [0.15, 0.2) is 38.5 Å². The van der Waals surface area contributed by atoms with E-state index in [0.29, 0.717) is 10.6 Å². The summed E-state index contributed by atoms with van der Waals surface area (Å²) >= 11 is 0. The number of nitrogen functional groups attached to an aromatic ring is 1. The lowest BCUT2D eigenvalue weighted by Crippen LogP contribution is -2.15. The van der Waals surface area contributed by atoms with Crippen LogP contribution in [0.2, 0.25) is 0 Å². The van der Waals surface area contributed by atoms with E-state index in [1.54, 1.807) is 19.1 Å². The molecule has 7 heteroatoms. The fourth-order valence-electron chi connectivity index (χ4n) is 2.02. The summed E-state index contributed by atoms with van der Waals surface area (Å²) in [7, 11) is -4.00. The highest BCUT2D eigenvalue weighted by Crippen LogP contribution is 2.25. The number of hydrogen-bond donors (Lipinski definition) is 1. The summed E-state index contributed by atoms with van der Waals surface area (Å²) in [6.45, 7) is 5.53. The van der Waals surface area contributed by atoms with Gasteiger partial charge >= 0.3 is 5.63 Å². The Hall–Kier alpha value is -2.02. The standard InChI is InChI=1S/C14H18N2O4S/c1-4-10(3)12-13(15)16(20-14(12)17)21(18,19)11-7-5-9(2)6-8-11/h5-8,10H,4,15H2,1-3H3/t10-/m0/s1. The number of rotatable bonds is 4. The number of aromatic nitrogens is 1. The van der Waals surface area contributed by atoms with Gasteiger partial charge in [-0.25, -0.2) is 4.79 Å². The van der Waals surface area contributed by atoms with Crippen LogP contribution in [-0.4, -0.2) is 12.6 Å². The van der Waals surface area contributed by atoms with Crippen LogP contribution < -0.4 is 11.4 Å². The average Bonchev–Trinajstić information content (AvgIpc) is 2.74. The third-order valence-electron chi connectivity index (χ3n) is 3.50. The van der Waals surface area contributed by atoms with E-state index in [-0.39, 0.29) is 22.2 Å². The summed E-state index contributed by atoms with van der Waals surface area (Å²) < 4.78 is 30.4. The normalized spacial score (nSPS) is 13.3. The number of benzene rings is 1. The molecule has 0 aliphatic carbocycles. The molecule has 0 amide bonds. The summed E-state index contributed by atoms with van der Waals surface area (Å²) in [6, 6.07) is 6.24. The maximum absolute atomic E-state index is 12.5. The van der Waals surface area contributed by atoms with Crippen molar-refractivity contribution in [2.45, 2.75) is 38.0 Å². The van der Waals surface area contributed by atoms with Gasteiger partial charge in [-0.15, -0.1) is 0 Å². The first kappa shape index (κ1) is 15.4. The predicted octanol–water partition coefficient (Wildman–Crippen LogP) is 2.08. The van der Waals surface area contributed by atoms with Gasteiger partial charge in [-0.05, 0) is 31.4 Å². The van der Waals surface area contributed by atoms with Crippen molar-refractivity contribution in [2.75, 3.05) is 5.73 Å². The highest BCUT2D eigenvalue weighted by atomic mass is 32.2. The van der Waals surface area contributed by atoms with Gasteiger partial charge in [-0.2, -0.15) is 8.42 Å². The first-order valence-corrected chi connectivity index (χ1v) is 8.07. The molecule has 1 aromatic carbocycles. The van der Waals surface area contributed by atoms with E-state index in [4.69, 9.17) is 10.3 Å². The molecule has 0 aliphatic heterocycles. The number of anilines is 1. The quantitative estimate of drug-likeness (QED) is 0.932.